The lowest BCUT2D eigenvalue weighted by Crippen LogP contribution is -2.40. The van der Waals surface area contributed by atoms with E-state index >= 15 is 0 Å². The highest BCUT2D eigenvalue weighted by molar-refractivity contribution is 5.67. The standard InChI is InChI=1S/C10H20N6O2/c1-10(2,3)18-9(17)12-6-8(11)4-5-16-7-13-14-15-16/h7-8H,4-6,11H2,1-3H3,(H,12,17). The number of carbonyl (C=O) groups excluding carboxylic acids is 1. The number of hydrogen-bond donors (Lipinski definition) is 2. The number of aromatic nitrogens is 4. The van der Waals surface area contributed by atoms with Gasteiger partial charge in [-0.1, -0.05) is 0 Å². The topological polar surface area (TPSA) is 108 Å². The zero-order valence-corrected chi connectivity index (χ0v) is 11.0. The highest BCUT2D eigenvalue weighted by Crippen LogP contribution is 2.06. The minimum Gasteiger partial charge on any atom is -0.444 e. The van der Waals surface area contributed by atoms with E-state index in [1.165, 1.54) is 6.33 Å². The molecule has 1 amide bonds. The monoisotopic (exact) mass is 256 g/mol. The van der Waals surface area contributed by atoms with Gasteiger partial charge < -0.3 is 15.8 Å². The van der Waals surface area contributed by atoms with Gasteiger partial charge in [-0.3, -0.25) is 0 Å². The van der Waals surface area contributed by atoms with Gasteiger partial charge in [0.05, 0.1) is 0 Å². The van der Waals surface area contributed by atoms with Crippen molar-refractivity contribution in [1.29, 1.82) is 0 Å². The fourth-order valence-electron chi connectivity index (χ4n) is 1.21. The molecule has 102 valence electrons. The maximum absolute atomic E-state index is 11.4. The van der Waals surface area contributed by atoms with E-state index in [0.717, 1.165) is 0 Å². The highest BCUT2D eigenvalue weighted by Gasteiger charge is 2.16. The first-order valence-corrected chi connectivity index (χ1v) is 5.80. The van der Waals surface area contributed by atoms with Crippen LogP contribution in [0.3, 0.4) is 0 Å². The molecule has 0 aromatic carbocycles. The normalized spacial score (nSPS) is 13.1. The summed E-state index contributed by atoms with van der Waals surface area (Å²) in [4.78, 5) is 11.4. The van der Waals surface area contributed by atoms with Gasteiger partial charge in [-0.05, 0) is 37.6 Å². The van der Waals surface area contributed by atoms with Gasteiger partial charge in [0.1, 0.15) is 11.9 Å². The minimum atomic E-state index is -0.499. The Morgan fingerprint density at radius 3 is 2.83 bits per heavy atom. The van der Waals surface area contributed by atoms with Gasteiger partial charge in [-0.2, -0.15) is 0 Å². The minimum absolute atomic E-state index is 0.165. The third-order valence-corrected chi connectivity index (χ3v) is 2.03. The Bertz CT molecular complexity index is 359. The van der Waals surface area contributed by atoms with Crippen molar-refractivity contribution in [2.24, 2.45) is 5.73 Å². The van der Waals surface area contributed by atoms with Crippen molar-refractivity contribution in [3.63, 3.8) is 0 Å². The summed E-state index contributed by atoms with van der Waals surface area (Å²) in [6.07, 6.45) is 1.73. The fourth-order valence-corrected chi connectivity index (χ4v) is 1.21. The number of tetrazole rings is 1. The summed E-state index contributed by atoms with van der Waals surface area (Å²) in [5.74, 6) is 0. The molecule has 0 saturated carbocycles. The van der Waals surface area contributed by atoms with E-state index in [1.807, 2.05) is 20.8 Å². The third kappa shape index (κ3) is 6.14. The van der Waals surface area contributed by atoms with Crippen molar-refractivity contribution < 1.29 is 9.53 Å². The zero-order chi connectivity index (χ0) is 13.6. The Morgan fingerprint density at radius 2 is 2.28 bits per heavy atom. The molecule has 0 spiro atoms. The Kier molecular flexibility index (Phi) is 5.02. The zero-order valence-electron chi connectivity index (χ0n) is 11.0. The summed E-state index contributed by atoms with van der Waals surface area (Å²) < 4.78 is 6.69. The molecule has 0 saturated heterocycles. The Morgan fingerprint density at radius 1 is 1.56 bits per heavy atom. The molecule has 1 aromatic heterocycles. The molecule has 8 nitrogen and oxygen atoms in total. The molecule has 1 rings (SSSR count). The van der Waals surface area contributed by atoms with Gasteiger partial charge >= 0.3 is 6.09 Å². The molecule has 0 aliphatic rings. The quantitative estimate of drug-likeness (QED) is 0.762. The summed E-state index contributed by atoms with van der Waals surface area (Å²) in [7, 11) is 0. The summed E-state index contributed by atoms with van der Waals surface area (Å²) in [5, 5.41) is 13.4. The van der Waals surface area contributed by atoms with Crippen molar-refractivity contribution in [3.8, 4) is 0 Å². The third-order valence-electron chi connectivity index (χ3n) is 2.03. The van der Waals surface area contributed by atoms with E-state index in [9.17, 15) is 4.79 Å². The molecule has 8 heteroatoms. The van der Waals surface area contributed by atoms with Crippen molar-refractivity contribution in [2.45, 2.75) is 45.4 Å². The first-order valence-electron chi connectivity index (χ1n) is 5.80. The van der Waals surface area contributed by atoms with Crippen LogP contribution < -0.4 is 11.1 Å². The second-order valence-corrected chi connectivity index (χ2v) is 5.00. The molecule has 1 aromatic rings. The number of nitrogens with two attached hydrogens (primary N) is 1. The summed E-state index contributed by atoms with van der Waals surface area (Å²) in [5.41, 5.74) is 5.35. The van der Waals surface area contributed by atoms with E-state index in [-0.39, 0.29) is 6.04 Å². The molecule has 18 heavy (non-hydrogen) atoms. The number of nitrogens with one attached hydrogen (secondary N) is 1. The maximum Gasteiger partial charge on any atom is 0.407 e. The van der Waals surface area contributed by atoms with E-state index < -0.39 is 11.7 Å². The van der Waals surface area contributed by atoms with Gasteiger partial charge in [0.25, 0.3) is 0 Å². The number of amides is 1. The molecule has 0 fully saturated rings. The van der Waals surface area contributed by atoms with Crippen LogP contribution in [0.4, 0.5) is 4.79 Å². The first-order chi connectivity index (χ1) is 8.37. The summed E-state index contributed by atoms with van der Waals surface area (Å²) in [6, 6.07) is -0.165. The van der Waals surface area contributed by atoms with Crippen LogP contribution >= 0.6 is 0 Å². The first kappa shape index (κ1) is 14.4. The number of carbonyl (C=O) groups is 1. The van der Waals surface area contributed by atoms with E-state index in [4.69, 9.17) is 10.5 Å². The van der Waals surface area contributed by atoms with Crippen LogP contribution in [0.2, 0.25) is 0 Å². The molecule has 0 aliphatic heterocycles. The summed E-state index contributed by atoms with van der Waals surface area (Å²) in [6.45, 7) is 6.40. The lowest BCUT2D eigenvalue weighted by molar-refractivity contribution is 0.0524. The van der Waals surface area contributed by atoms with Crippen LogP contribution in [0.15, 0.2) is 6.33 Å². The predicted octanol–water partition coefficient (Wildman–Crippen LogP) is -0.0848. The van der Waals surface area contributed by atoms with Crippen LogP contribution in [0.25, 0.3) is 0 Å². The Hall–Kier alpha value is -1.70. The molecule has 0 aliphatic carbocycles. The summed E-state index contributed by atoms with van der Waals surface area (Å²) >= 11 is 0. The molecule has 3 N–H and O–H groups in total. The second-order valence-electron chi connectivity index (χ2n) is 5.00. The van der Waals surface area contributed by atoms with Crippen LogP contribution in [-0.4, -0.2) is 44.5 Å². The number of alkyl carbamates (subject to hydrolysis) is 1. The SMILES string of the molecule is CC(C)(C)OC(=O)NCC(N)CCn1cnnn1. The van der Waals surface area contributed by atoms with E-state index in [2.05, 4.69) is 20.8 Å². The number of ether oxygens (including phenoxy) is 1. The average molecular weight is 256 g/mol. The highest BCUT2D eigenvalue weighted by atomic mass is 16.6. The molecule has 1 unspecified atom stereocenters. The largest absolute Gasteiger partial charge is 0.444 e. The number of hydrogen-bond acceptors (Lipinski definition) is 6. The van der Waals surface area contributed by atoms with Crippen LogP contribution in [0.5, 0.6) is 0 Å². The number of nitrogens with zero attached hydrogens (tertiary/aromatic N) is 4. The maximum atomic E-state index is 11.4. The lowest BCUT2D eigenvalue weighted by atomic mass is 10.2. The van der Waals surface area contributed by atoms with Gasteiger partial charge in [0, 0.05) is 19.1 Å². The van der Waals surface area contributed by atoms with Gasteiger partial charge in [0.2, 0.25) is 0 Å². The average Bonchev–Trinajstić information content (AvgIpc) is 2.74. The predicted molar refractivity (Wildman–Crippen MR) is 64.6 cm³/mol. The Labute approximate surface area is 106 Å². The Balaban J connectivity index is 2.17. The van der Waals surface area contributed by atoms with Crippen molar-refractivity contribution in [2.75, 3.05) is 6.54 Å². The lowest BCUT2D eigenvalue weighted by Gasteiger charge is -2.20. The number of aryl methyl sites for hydroxylation is 1. The number of rotatable bonds is 5. The smallest absolute Gasteiger partial charge is 0.407 e. The van der Waals surface area contributed by atoms with Crippen molar-refractivity contribution >= 4 is 6.09 Å². The van der Waals surface area contributed by atoms with Gasteiger partial charge in [-0.25, -0.2) is 9.48 Å². The van der Waals surface area contributed by atoms with Crippen LogP contribution in [0, 0.1) is 0 Å². The molecular weight excluding hydrogens is 236 g/mol. The van der Waals surface area contributed by atoms with Gasteiger partial charge in [0.15, 0.2) is 0 Å². The second kappa shape index (κ2) is 6.29. The molecule has 1 heterocycles. The van der Waals surface area contributed by atoms with Crippen LogP contribution in [0.1, 0.15) is 27.2 Å². The molecule has 0 bridgehead atoms. The molecular formula is C10H20N6O2. The van der Waals surface area contributed by atoms with Crippen molar-refractivity contribution in [3.05, 3.63) is 6.33 Å². The fraction of sp³-hybridized carbons (Fsp3) is 0.800. The van der Waals surface area contributed by atoms with Gasteiger partial charge in [-0.15, -0.1) is 5.10 Å². The van der Waals surface area contributed by atoms with E-state index in [0.29, 0.717) is 19.5 Å². The molecule has 0 radical (unpaired) electrons. The van der Waals surface area contributed by atoms with Crippen LogP contribution in [-0.2, 0) is 11.3 Å². The molecule has 1 atom stereocenters. The van der Waals surface area contributed by atoms with Crippen molar-refractivity contribution in [1.82, 2.24) is 25.5 Å². The van der Waals surface area contributed by atoms with E-state index in [1.54, 1.807) is 4.68 Å².